The fourth-order valence-electron chi connectivity index (χ4n) is 1.19. The van der Waals surface area contributed by atoms with Gasteiger partial charge in [-0.2, -0.15) is 0 Å². The molecule has 0 saturated heterocycles. The smallest absolute Gasteiger partial charge is 0.330 e. The molecule has 0 saturated carbocycles. The van der Waals surface area contributed by atoms with Crippen molar-refractivity contribution in [3.05, 3.63) is 40.4 Å². The van der Waals surface area contributed by atoms with Gasteiger partial charge in [-0.3, -0.25) is 0 Å². The minimum atomic E-state index is -0.344. The molecule has 0 bridgehead atoms. The Morgan fingerprint density at radius 1 is 1.47 bits per heavy atom. The highest BCUT2D eigenvalue weighted by atomic mass is 79.9. The minimum absolute atomic E-state index is 0.344. The van der Waals surface area contributed by atoms with Crippen LogP contribution >= 0.6 is 15.9 Å². The molecule has 4 heteroatoms. The lowest BCUT2D eigenvalue weighted by Gasteiger charge is -2.05. The molecular weight excluding hydrogens is 284 g/mol. The second-order valence-electron chi connectivity index (χ2n) is 3.38. The van der Waals surface area contributed by atoms with Gasteiger partial charge in [0.15, 0.2) is 0 Å². The van der Waals surface area contributed by atoms with E-state index < -0.39 is 0 Å². The summed E-state index contributed by atoms with van der Waals surface area (Å²) < 4.78 is 11.2. The Balaban J connectivity index is 2.40. The summed E-state index contributed by atoms with van der Waals surface area (Å²) in [5, 5.41) is 0. The monoisotopic (exact) mass is 298 g/mol. The molecule has 17 heavy (non-hydrogen) atoms. The van der Waals surface area contributed by atoms with E-state index in [0.29, 0.717) is 13.2 Å². The molecule has 0 fully saturated rings. The number of esters is 1. The number of carbonyl (C=O) groups excluding carboxylic acids is 1. The molecular formula is C13H15BrO3. The lowest BCUT2D eigenvalue weighted by atomic mass is 10.2. The van der Waals surface area contributed by atoms with E-state index in [4.69, 9.17) is 9.47 Å². The van der Waals surface area contributed by atoms with Crippen LogP contribution in [-0.4, -0.2) is 19.2 Å². The van der Waals surface area contributed by atoms with Crippen LogP contribution in [0.5, 0.6) is 5.75 Å². The zero-order valence-corrected chi connectivity index (χ0v) is 11.5. The Hall–Kier alpha value is -1.29. The van der Waals surface area contributed by atoms with Crippen molar-refractivity contribution >= 4 is 21.9 Å². The standard InChI is InChI=1S/C13H15BrO3/c1-3-16-13(15)5-4-8-17-11-6-7-12(14)10(2)9-11/h4-7,9H,3,8H2,1-2H3/b5-4+. The van der Waals surface area contributed by atoms with E-state index in [2.05, 4.69) is 15.9 Å². The van der Waals surface area contributed by atoms with Gasteiger partial charge in [-0.15, -0.1) is 0 Å². The van der Waals surface area contributed by atoms with Gasteiger partial charge >= 0.3 is 5.97 Å². The largest absolute Gasteiger partial charge is 0.490 e. The van der Waals surface area contributed by atoms with E-state index in [1.54, 1.807) is 13.0 Å². The fourth-order valence-corrected chi connectivity index (χ4v) is 1.43. The molecule has 0 spiro atoms. The molecule has 0 amide bonds. The summed E-state index contributed by atoms with van der Waals surface area (Å²) in [7, 11) is 0. The maximum atomic E-state index is 11.0. The molecule has 0 N–H and O–H groups in total. The summed E-state index contributed by atoms with van der Waals surface area (Å²) in [4.78, 5) is 11.0. The Kier molecular flexibility index (Phi) is 5.77. The van der Waals surface area contributed by atoms with Gasteiger partial charge in [0.05, 0.1) is 6.61 Å². The Morgan fingerprint density at radius 3 is 2.88 bits per heavy atom. The normalized spacial score (nSPS) is 10.5. The molecule has 0 aliphatic heterocycles. The topological polar surface area (TPSA) is 35.5 Å². The number of aryl methyl sites for hydroxylation is 1. The second-order valence-corrected chi connectivity index (χ2v) is 4.23. The maximum Gasteiger partial charge on any atom is 0.330 e. The Bertz CT molecular complexity index is 413. The van der Waals surface area contributed by atoms with E-state index in [1.807, 2.05) is 25.1 Å². The predicted molar refractivity (Wildman–Crippen MR) is 70.1 cm³/mol. The van der Waals surface area contributed by atoms with Crippen molar-refractivity contribution in [2.45, 2.75) is 13.8 Å². The maximum absolute atomic E-state index is 11.0. The van der Waals surface area contributed by atoms with E-state index >= 15 is 0 Å². The van der Waals surface area contributed by atoms with Crippen molar-refractivity contribution < 1.29 is 14.3 Å². The molecule has 3 nitrogen and oxygen atoms in total. The molecule has 0 aliphatic carbocycles. The van der Waals surface area contributed by atoms with E-state index in [9.17, 15) is 4.79 Å². The van der Waals surface area contributed by atoms with Crippen molar-refractivity contribution in [3.8, 4) is 5.75 Å². The highest BCUT2D eigenvalue weighted by Gasteiger charge is 1.97. The van der Waals surface area contributed by atoms with Crippen LogP contribution in [0.25, 0.3) is 0 Å². The van der Waals surface area contributed by atoms with Crippen molar-refractivity contribution in [2.24, 2.45) is 0 Å². The highest BCUT2D eigenvalue weighted by molar-refractivity contribution is 9.10. The first-order chi connectivity index (χ1) is 8.13. The highest BCUT2D eigenvalue weighted by Crippen LogP contribution is 2.21. The van der Waals surface area contributed by atoms with E-state index in [0.717, 1.165) is 15.8 Å². The van der Waals surface area contributed by atoms with Crippen LogP contribution in [0.1, 0.15) is 12.5 Å². The number of ether oxygens (including phenoxy) is 2. The zero-order valence-electron chi connectivity index (χ0n) is 9.90. The third-order valence-corrected chi connectivity index (χ3v) is 2.91. The van der Waals surface area contributed by atoms with Crippen LogP contribution in [0.4, 0.5) is 0 Å². The molecule has 1 aromatic rings. The number of halogens is 1. The van der Waals surface area contributed by atoms with Crippen LogP contribution in [0.2, 0.25) is 0 Å². The first-order valence-corrected chi connectivity index (χ1v) is 6.15. The van der Waals surface area contributed by atoms with E-state index in [1.165, 1.54) is 6.08 Å². The molecule has 0 atom stereocenters. The van der Waals surface area contributed by atoms with Gasteiger partial charge < -0.3 is 9.47 Å². The Labute approximate surface area is 110 Å². The minimum Gasteiger partial charge on any atom is -0.490 e. The third kappa shape index (κ3) is 5.04. The first-order valence-electron chi connectivity index (χ1n) is 5.35. The predicted octanol–water partition coefficient (Wildman–Crippen LogP) is 3.26. The zero-order chi connectivity index (χ0) is 12.7. The van der Waals surface area contributed by atoms with Crippen molar-refractivity contribution in [3.63, 3.8) is 0 Å². The first kappa shape index (κ1) is 13.8. The SMILES string of the molecule is CCOC(=O)/C=C/COc1ccc(Br)c(C)c1. The van der Waals surface area contributed by atoms with Gasteiger partial charge in [-0.05, 0) is 43.7 Å². The molecule has 1 aromatic carbocycles. The summed E-state index contributed by atoms with van der Waals surface area (Å²) in [6.07, 6.45) is 3.00. The van der Waals surface area contributed by atoms with Crippen LogP contribution in [-0.2, 0) is 9.53 Å². The lowest BCUT2D eigenvalue weighted by Crippen LogP contribution is -2.01. The average Bonchev–Trinajstić information content (AvgIpc) is 2.29. The van der Waals surface area contributed by atoms with Gasteiger partial charge in [0, 0.05) is 10.5 Å². The van der Waals surface area contributed by atoms with Gasteiger partial charge in [0.1, 0.15) is 12.4 Å². The lowest BCUT2D eigenvalue weighted by molar-refractivity contribution is -0.137. The summed E-state index contributed by atoms with van der Waals surface area (Å²) in [6.45, 7) is 4.49. The average molecular weight is 299 g/mol. The van der Waals surface area contributed by atoms with Gasteiger partial charge in [0.25, 0.3) is 0 Å². The number of benzene rings is 1. The third-order valence-electron chi connectivity index (χ3n) is 2.02. The molecule has 0 radical (unpaired) electrons. The molecule has 1 rings (SSSR count). The van der Waals surface area contributed by atoms with Crippen LogP contribution < -0.4 is 4.74 Å². The van der Waals surface area contributed by atoms with Gasteiger partial charge in [-0.25, -0.2) is 4.79 Å². The summed E-state index contributed by atoms with van der Waals surface area (Å²) in [5.74, 6) is 0.433. The Morgan fingerprint density at radius 2 is 2.24 bits per heavy atom. The van der Waals surface area contributed by atoms with Gasteiger partial charge in [0.2, 0.25) is 0 Å². The summed E-state index contributed by atoms with van der Waals surface area (Å²) in [6, 6.07) is 5.73. The molecule has 0 aromatic heterocycles. The molecule has 0 unspecified atom stereocenters. The van der Waals surface area contributed by atoms with Gasteiger partial charge in [-0.1, -0.05) is 15.9 Å². The van der Waals surface area contributed by atoms with Crippen LogP contribution in [0.15, 0.2) is 34.8 Å². The van der Waals surface area contributed by atoms with Crippen LogP contribution in [0.3, 0.4) is 0 Å². The van der Waals surface area contributed by atoms with Crippen molar-refractivity contribution in [1.29, 1.82) is 0 Å². The number of hydrogen-bond acceptors (Lipinski definition) is 3. The summed E-state index contributed by atoms with van der Waals surface area (Å²) in [5.41, 5.74) is 1.11. The number of hydrogen-bond donors (Lipinski definition) is 0. The second kappa shape index (κ2) is 7.12. The van der Waals surface area contributed by atoms with Crippen molar-refractivity contribution in [2.75, 3.05) is 13.2 Å². The van der Waals surface area contributed by atoms with E-state index in [-0.39, 0.29) is 5.97 Å². The molecule has 0 aliphatic rings. The molecule has 0 heterocycles. The van der Waals surface area contributed by atoms with Crippen molar-refractivity contribution in [1.82, 2.24) is 0 Å². The van der Waals surface area contributed by atoms with Crippen LogP contribution in [0, 0.1) is 6.92 Å². The molecule has 92 valence electrons. The number of carbonyl (C=O) groups is 1. The quantitative estimate of drug-likeness (QED) is 0.618. The summed E-state index contributed by atoms with van der Waals surface area (Å²) >= 11 is 3.42. The fraction of sp³-hybridized carbons (Fsp3) is 0.308. The number of rotatable bonds is 5.